The number of aromatic nitrogens is 1. The Morgan fingerprint density at radius 1 is 1.33 bits per heavy atom. The summed E-state index contributed by atoms with van der Waals surface area (Å²) in [6.07, 6.45) is 1.83. The van der Waals surface area contributed by atoms with E-state index in [9.17, 15) is 9.59 Å². The molecule has 0 aromatic carbocycles. The second-order valence-electron chi connectivity index (χ2n) is 5.49. The SMILES string of the molecule is CCC1C(=O)NC(CC)(CC)C(=O)N1Cc1csc(C)n1. The molecule has 5 nitrogen and oxygen atoms in total. The minimum absolute atomic E-state index is 0.0182. The van der Waals surface area contributed by atoms with E-state index in [2.05, 4.69) is 10.3 Å². The van der Waals surface area contributed by atoms with Gasteiger partial charge in [0.25, 0.3) is 0 Å². The van der Waals surface area contributed by atoms with Gasteiger partial charge >= 0.3 is 0 Å². The maximum atomic E-state index is 12.9. The molecule has 1 aliphatic rings. The van der Waals surface area contributed by atoms with Gasteiger partial charge in [-0.3, -0.25) is 9.59 Å². The summed E-state index contributed by atoms with van der Waals surface area (Å²) >= 11 is 1.57. The van der Waals surface area contributed by atoms with E-state index in [0.29, 0.717) is 25.8 Å². The van der Waals surface area contributed by atoms with Crippen LogP contribution in [0.15, 0.2) is 5.38 Å². The fraction of sp³-hybridized carbons (Fsp3) is 0.667. The Morgan fingerprint density at radius 3 is 2.48 bits per heavy atom. The van der Waals surface area contributed by atoms with Crippen LogP contribution in [0.2, 0.25) is 0 Å². The van der Waals surface area contributed by atoms with E-state index in [1.165, 1.54) is 0 Å². The lowest BCUT2D eigenvalue weighted by molar-refractivity contribution is -0.156. The molecule has 21 heavy (non-hydrogen) atoms. The number of amides is 2. The summed E-state index contributed by atoms with van der Waals surface area (Å²) in [5.41, 5.74) is 0.105. The molecule has 1 N–H and O–H groups in total. The Kier molecular flexibility index (Phi) is 4.66. The third-order valence-corrected chi connectivity index (χ3v) is 5.13. The first-order valence-electron chi connectivity index (χ1n) is 7.51. The lowest BCUT2D eigenvalue weighted by Crippen LogP contribution is -2.69. The van der Waals surface area contributed by atoms with Crippen molar-refractivity contribution >= 4 is 23.2 Å². The molecule has 0 aliphatic carbocycles. The van der Waals surface area contributed by atoms with Crippen LogP contribution in [0.4, 0.5) is 0 Å². The first-order chi connectivity index (χ1) is 9.97. The molecule has 1 aromatic rings. The lowest BCUT2D eigenvalue weighted by Gasteiger charge is -2.45. The first-order valence-corrected chi connectivity index (χ1v) is 8.39. The molecule has 2 rings (SSSR count). The van der Waals surface area contributed by atoms with Crippen molar-refractivity contribution in [2.45, 2.75) is 65.1 Å². The van der Waals surface area contributed by atoms with Crippen molar-refractivity contribution < 1.29 is 9.59 Å². The molecule has 2 amide bonds. The second kappa shape index (κ2) is 6.13. The number of hydrogen-bond donors (Lipinski definition) is 1. The predicted molar refractivity (Wildman–Crippen MR) is 82.9 cm³/mol. The normalized spacial score (nSPS) is 21.5. The third-order valence-electron chi connectivity index (χ3n) is 4.30. The summed E-state index contributed by atoms with van der Waals surface area (Å²) in [4.78, 5) is 31.4. The molecular weight excluding hydrogens is 286 g/mol. The molecule has 2 heterocycles. The maximum absolute atomic E-state index is 12.9. The molecule has 1 fully saturated rings. The number of carbonyl (C=O) groups is 2. The van der Waals surface area contributed by atoms with E-state index in [-0.39, 0.29) is 11.8 Å². The van der Waals surface area contributed by atoms with Gasteiger partial charge < -0.3 is 10.2 Å². The summed E-state index contributed by atoms with van der Waals surface area (Å²) in [5, 5.41) is 5.89. The summed E-state index contributed by atoms with van der Waals surface area (Å²) in [6, 6.07) is -0.397. The van der Waals surface area contributed by atoms with Gasteiger partial charge in [0.05, 0.1) is 17.2 Å². The minimum atomic E-state index is -0.756. The molecule has 1 saturated heterocycles. The van der Waals surface area contributed by atoms with Gasteiger partial charge in [-0.15, -0.1) is 11.3 Å². The second-order valence-corrected chi connectivity index (χ2v) is 6.56. The van der Waals surface area contributed by atoms with Crippen LogP contribution >= 0.6 is 11.3 Å². The van der Waals surface area contributed by atoms with E-state index in [0.717, 1.165) is 10.7 Å². The Bertz CT molecular complexity index is 537. The number of piperazine rings is 1. The Morgan fingerprint density at radius 2 is 2.00 bits per heavy atom. The van der Waals surface area contributed by atoms with Crippen molar-refractivity contribution in [1.82, 2.24) is 15.2 Å². The Hall–Kier alpha value is -1.43. The van der Waals surface area contributed by atoms with Gasteiger partial charge in [0, 0.05) is 5.38 Å². The van der Waals surface area contributed by atoms with Crippen molar-refractivity contribution in [3.8, 4) is 0 Å². The van der Waals surface area contributed by atoms with Gasteiger partial charge in [-0.2, -0.15) is 0 Å². The van der Waals surface area contributed by atoms with Gasteiger partial charge in [-0.25, -0.2) is 4.98 Å². The lowest BCUT2D eigenvalue weighted by atomic mass is 9.86. The van der Waals surface area contributed by atoms with E-state index < -0.39 is 11.6 Å². The molecule has 1 aliphatic heterocycles. The highest BCUT2D eigenvalue weighted by molar-refractivity contribution is 7.09. The van der Waals surface area contributed by atoms with Crippen molar-refractivity contribution in [1.29, 1.82) is 0 Å². The quantitative estimate of drug-likeness (QED) is 0.907. The van der Waals surface area contributed by atoms with Gasteiger partial charge in [-0.05, 0) is 26.2 Å². The summed E-state index contributed by atoms with van der Waals surface area (Å²) in [5.74, 6) is -0.0302. The van der Waals surface area contributed by atoms with Gasteiger partial charge in [-0.1, -0.05) is 20.8 Å². The highest BCUT2D eigenvalue weighted by Crippen LogP contribution is 2.27. The molecule has 0 saturated carbocycles. The van der Waals surface area contributed by atoms with Crippen molar-refractivity contribution in [2.75, 3.05) is 0 Å². The summed E-state index contributed by atoms with van der Waals surface area (Å²) < 4.78 is 0. The van der Waals surface area contributed by atoms with E-state index in [1.807, 2.05) is 33.1 Å². The fourth-order valence-electron chi connectivity index (χ4n) is 2.90. The van der Waals surface area contributed by atoms with E-state index in [4.69, 9.17) is 0 Å². The maximum Gasteiger partial charge on any atom is 0.249 e. The predicted octanol–water partition coefficient (Wildman–Crippen LogP) is 2.25. The van der Waals surface area contributed by atoms with Crippen LogP contribution in [0, 0.1) is 6.92 Å². The first kappa shape index (κ1) is 15.9. The third kappa shape index (κ3) is 2.81. The zero-order chi connectivity index (χ0) is 15.6. The van der Waals surface area contributed by atoms with E-state index in [1.54, 1.807) is 16.2 Å². The van der Waals surface area contributed by atoms with Crippen molar-refractivity contribution in [2.24, 2.45) is 0 Å². The Balaban J connectivity index is 2.32. The molecule has 0 radical (unpaired) electrons. The highest BCUT2D eigenvalue weighted by atomic mass is 32.1. The van der Waals surface area contributed by atoms with Crippen LogP contribution in [0.1, 0.15) is 50.7 Å². The highest BCUT2D eigenvalue weighted by Gasteiger charge is 2.48. The van der Waals surface area contributed by atoms with Crippen LogP contribution in [0.25, 0.3) is 0 Å². The van der Waals surface area contributed by atoms with Crippen LogP contribution in [0.3, 0.4) is 0 Å². The number of rotatable bonds is 5. The monoisotopic (exact) mass is 309 g/mol. The molecule has 116 valence electrons. The fourth-order valence-corrected chi connectivity index (χ4v) is 3.51. The average molecular weight is 309 g/mol. The molecule has 0 bridgehead atoms. The molecule has 1 unspecified atom stereocenters. The average Bonchev–Trinajstić information content (AvgIpc) is 2.88. The van der Waals surface area contributed by atoms with Gasteiger partial charge in [0.1, 0.15) is 11.6 Å². The van der Waals surface area contributed by atoms with Crippen LogP contribution < -0.4 is 5.32 Å². The number of thiazole rings is 1. The molecule has 1 aromatic heterocycles. The van der Waals surface area contributed by atoms with Gasteiger partial charge in [0.2, 0.25) is 11.8 Å². The van der Waals surface area contributed by atoms with Crippen molar-refractivity contribution in [3.05, 3.63) is 16.1 Å². The smallest absolute Gasteiger partial charge is 0.249 e. The zero-order valence-electron chi connectivity index (χ0n) is 13.1. The Labute approximate surface area is 129 Å². The summed E-state index contributed by atoms with van der Waals surface area (Å²) in [7, 11) is 0. The topological polar surface area (TPSA) is 62.3 Å². The standard InChI is InChI=1S/C15H23N3O2S/c1-5-12-13(19)17-15(6-2,7-3)14(20)18(12)8-11-9-21-10(4)16-11/h9,12H,5-8H2,1-4H3,(H,17,19). The minimum Gasteiger partial charge on any atom is -0.340 e. The van der Waals surface area contributed by atoms with E-state index >= 15 is 0 Å². The number of nitrogens with one attached hydrogen (secondary N) is 1. The number of aryl methyl sites for hydroxylation is 1. The molecular formula is C15H23N3O2S. The number of nitrogens with zero attached hydrogens (tertiary/aromatic N) is 2. The van der Waals surface area contributed by atoms with Crippen LogP contribution in [-0.4, -0.2) is 33.3 Å². The number of carbonyl (C=O) groups excluding carboxylic acids is 2. The molecule has 6 heteroatoms. The van der Waals surface area contributed by atoms with Gasteiger partial charge in [0.15, 0.2) is 0 Å². The zero-order valence-corrected chi connectivity index (χ0v) is 13.9. The largest absolute Gasteiger partial charge is 0.340 e. The number of hydrogen-bond acceptors (Lipinski definition) is 4. The van der Waals surface area contributed by atoms with Crippen LogP contribution in [-0.2, 0) is 16.1 Å². The summed E-state index contributed by atoms with van der Waals surface area (Å²) in [6.45, 7) is 8.18. The molecule has 1 atom stereocenters. The molecule has 0 spiro atoms. The van der Waals surface area contributed by atoms with Crippen molar-refractivity contribution in [3.63, 3.8) is 0 Å². The van der Waals surface area contributed by atoms with Crippen LogP contribution in [0.5, 0.6) is 0 Å².